The number of ether oxygens (including phenoxy) is 3. The fourth-order valence-corrected chi connectivity index (χ4v) is 2.82. The molecule has 0 N–H and O–H groups in total. The lowest BCUT2D eigenvalue weighted by Gasteiger charge is -2.08. The van der Waals surface area contributed by atoms with E-state index in [0.29, 0.717) is 16.9 Å². The predicted octanol–water partition coefficient (Wildman–Crippen LogP) is 5.21. The Labute approximate surface area is 177 Å². The molecule has 0 aliphatic heterocycles. The first-order valence-electron chi connectivity index (χ1n) is 8.96. The highest BCUT2D eigenvalue weighted by Crippen LogP contribution is 2.20. The Kier molecular flexibility index (Phi) is 7.03. The minimum atomic E-state index is -0.473. The van der Waals surface area contributed by atoms with Crippen LogP contribution in [0.25, 0.3) is 0 Å². The zero-order valence-electron chi connectivity index (χ0n) is 15.8. The van der Waals surface area contributed by atoms with Crippen molar-refractivity contribution in [3.63, 3.8) is 0 Å². The third-order valence-corrected chi connectivity index (χ3v) is 4.89. The fraction of sp³-hybridized carbons (Fsp3) is 0.130. The van der Waals surface area contributed by atoms with Crippen LogP contribution in [-0.4, -0.2) is 25.2 Å². The van der Waals surface area contributed by atoms with Crippen LogP contribution in [-0.2, 0) is 4.74 Å². The van der Waals surface area contributed by atoms with Gasteiger partial charge in [-0.3, -0.25) is 0 Å². The molecular weight excluding hydrogens is 436 g/mol. The van der Waals surface area contributed by atoms with Gasteiger partial charge >= 0.3 is 11.9 Å². The highest BCUT2D eigenvalue weighted by Gasteiger charge is 2.12. The summed E-state index contributed by atoms with van der Waals surface area (Å²) in [5.74, 6) is 0.118. The van der Waals surface area contributed by atoms with Crippen molar-refractivity contribution in [1.29, 1.82) is 0 Å². The van der Waals surface area contributed by atoms with Crippen LogP contribution in [0.2, 0.25) is 0 Å². The van der Waals surface area contributed by atoms with Crippen molar-refractivity contribution >= 4 is 27.9 Å². The number of halogens is 1. The van der Waals surface area contributed by atoms with E-state index in [-0.39, 0.29) is 13.2 Å². The van der Waals surface area contributed by atoms with E-state index >= 15 is 0 Å². The summed E-state index contributed by atoms with van der Waals surface area (Å²) in [6, 6.07) is 20.7. The maximum absolute atomic E-state index is 12.2. The highest BCUT2D eigenvalue weighted by atomic mass is 79.9. The van der Waals surface area contributed by atoms with E-state index in [1.165, 1.54) is 0 Å². The topological polar surface area (TPSA) is 61.8 Å². The Bertz CT molecular complexity index is 984. The molecule has 0 aliphatic carbocycles. The maximum Gasteiger partial charge on any atom is 0.343 e. The van der Waals surface area contributed by atoms with E-state index in [4.69, 9.17) is 14.2 Å². The van der Waals surface area contributed by atoms with Crippen LogP contribution in [0, 0.1) is 6.92 Å². The van der Waals surface area contributed by atoms with E-state index in [1.807, 2.05) is 43.3 Å². The van der Waals surface area contributed by atoms with Crippen LogP contribution in [0.15, 0.2) is 77.3 Å². The number of esters is 2. The molecular formula is C23H19BrO5. The molecule has 0 radical (unpaired) electrons. The number of carbonyl (C=O) groups excluding carboxylic acids is 2. The van der Waals surface area contributed by atoms with Gasteiger partial charge in [0.25, 0.3) is 0 Å². The summed E-state index contributed by atoms with van der Waals surface area (Å²) in [5.41, 5.74) is 1.82. The molecule has 6 heteroatoms. The van der Waals surface area contributed by atoms with Crippen LogP contribution in [0.3, 0.4) is 0 Å². The lowest BCUT2D eigenvalue weighted by molar-refractivity contribution is 0.0450. The van der Waals surface area contributed by atoms with Crippen molar-refractivity contribution in [3.05, 3.63) is 94.0 Å². The Morgan fingerprint density at radius 3 is 2.17 bits per heavy atom. The number of para-hydroxylation sites is 1. The lowest BCUT2D eigenvalue weighted by Crippen LogP contribution is -2.12. The van der Waals surface area contributed by atoms with Crippen molar-refractivity contribution in [3.8, 4) is 11.5 Å². The van der Waals surface area contributed by atoms with Crippen LogP contribution >= 0.6 is 15.9 Å². The highest BCUT2D eigenvalue weighted by molar-refractivity contribution is 9.10. The predicted molar refractivity (Wildman–Crippen MR) is 112 cm³/mol. The number of carbonyl (C=O) groups is 2. The van der Waals surface area contributed by atoms with Crippen molar-refractivity contribution < 1.29 is 23.8 Å². The van der Waals surface area contributed by atoms with Crippen LogP contribution in [0.4, 0.5) is 0 Å². The number of benzene rings is 3. The SMILES string of the molecule is Cc1ccc(C(=O)Oc2ccc(C(=O)OCCOc3ccccc3)cc2)cc1Br. The molecule has 0 amide bonds. The summed E-state index contributed by atoms with van der Waals surface area (Å²) < 4.78 is 16.8. The van der Waals surface area contributed by atoms with Crippen LogP contribution < -0.4 is 9.47 Å². The molecule has 0 saturated heterocycles. The van der Waals surface area contributed by atoms with Crippen molar-refractivity contribution in [2.45, 2.75) is 6.92 Å². The fourth-order valence-electron chi connectivity index (χ4n) is 2.44. The second-order valence-electron chi connectivity index (χ2n) is 6.18. The largest absolute Gasteiger partial charge is 0.490 e. The molecule has 0 spiro atoms. The molecule has 0 atom stereocenters. The van der Waals surface area contributed by atoms with Gasteiger partial charge in [-0.2, -0.15) is 0 Å². The van der Waals surface area contributed by atoms with Crippen LogP contribution in [0.1, 0.15) is 26.3 Å². The first kappa shape index (κ1) is 20.6. The van der Waals surface area contributed by atoms with Gasteiger partial charge in [-0.05, 0) is 61.0 Å². The molecule has 0 fully saturated rings. The zero-order chi connectivity index (χ0) is 20.6. The summed E-state index contributed by atoms with van der Waals surface area (Å²) >= 11 is 3.40. The maximum atomic E-state index is 12.2. The number of aryl methyl sites for hydroxylation is 1. The summed E-state index contributed by atoms with van der Waals surface area (Å²) in [4.78, 5) is 24.3. The van der Waals surface area contributed by atoms with Gasteiger partial charge in [0.1, 0.15) is 24.7 Å². The monoisotopic (exact) mass is 454 g/mol. The summed E-state index contributed by atoms with van der Waals surface area (Å²) in [6.07, 6.45) is 0. The molecule has 0 bridgehead atoms. The summed E-state index contributed by atoms with van der Waals surface area (Å²) in [5, 5.41) is 0. The minimum Gasteiger partial charge on any atom is -0.490 e. The zero-order valence-corrected chi connectivity index (χ0v) is 17.3. The average molecular weight is 455 g/mol. The van der Waals surface area contributed by atoms with Gasteiger partial charge in [-0.25, -0.2) is 9.59 Å². The van der Waals surface area contributed by atoms with E-state index < -0.39 is 11.9 Å². The standard InChI is InChI=1S/C23H19BrO5/c1-16-7-8-18(15-21(16)24)23(26)29-20-11-9-17(10-12-20)22(25)28-14-13-27-19-5-3-2-4-6-19/h2-12,15H,13-14H2,1H3. The number of hydrogen-bond acceptors (Lipinski definition) is 5. The second kappa shape index (κ2) is 9.89. The Balaban J connectivity index is 1.49. The van der Waals surface area contributed by atoms with E-state index in [2.05, 4.69) is 15.9 Å². The molecule has 0 saturated carbocycles. The molecule has 29 heavy (non-hydrogen) atoms. The van der Waals surface area contributed by atoms with Gasteiger partial charge in [0.2, 0.25) is 0 Å². The van der Waals surface area contributed by atoms with Gasteiger partial charge in [-0.15, -0.1) is 0 Å². The van der Waals surface area contributed by atoms with Gasteiger partial charge in [-0.1, -0.05) is 40.2 Å². The Hall–Kier alpha value is -3.12. The van der Waals surface area contributed by atoms with Crippen molar-refractivity contribution in [2.75, 3.05) is 13.2 Å². The third kappa shape index (κ3) is 5.93. The molecule has 3 aromatic carbocycles. The summed E-state index contributed by atoms with van der Waals surface area (Å²) in [6.45, 7) is 2.33. The molecule has 148 valence electrons. The van der Waals surface area contributed by atoms with Crippen molar-refractivity contribution in [2.24, 2.45) is 0 Å². The quantitative estimate of drug-likeness (QED) is 0.278. The second-order valence-corrected chi connectivity index (χ2v) is 7.03. The molecule has 5 nitrogen and oxygen atoms in total. The first-order chi connectivity index (χ1) is 14.0. The van der Waals surface area contributed by atoms with E-state index in [0.717, 1.165) is 15.8 Å². The number of rotatable bonds is 7. The Morgan fingerprint density at radius 2 is 1.48 bits per heavy atom. The third-order valence-electron chi connectivity index (χ3n) is 4.04. The minimum absolute atomic E-state index is 0.132. The lowest BCUT2D eigenvalue weighted by atomic mass is 10.1. The van der Waals surface area contributed by atoms with E-state index in [9.17, 15) is 9.59 Å². The van der Waals surface area contributed by atoms with Crippen LogP contribution in [0.5, 0.6) is 11.5 Å². The van der Waals surface area contributed by atoms with Gasteiger partial charge in [0, 0.05) is 4.47 Å². The smallest absolute Gasteiger partial charge is 0.343 e. The normalized spacial score (nSPS) is 10.3. The molecule has 0 heterocycles. The molecule has 0 aliphatic rings. The number of hydrogen-bond donors (Lipinski definition) is 0. The first-order valence-corrected chi connectivity index (χ1v) is 9.75. The van der Waals surface area contributed by atoms with Gasteiger partial charge in [0.05, 0.1) is 11.1 Å². The Morgan fingerprint density at radius 1 is 0.793 bits per heavy atom. The molecule has 3 rings (SSSR count). The van der Waals surface area contributed by atoms with E-state index in [1.54, 1.807) is 36.4 Å². The van der Waals surface area contributed by atoms with Gasteiger partial charge < -0.3 is 14.2 Å². The van der Waals surface area contributed by atoms with Crippen molar-refractivity contribution in [1.82, 2.24) is 0 Å². The molecule has 0 unspecified atom stereocenters. The van der Waals surface area contributed by atoms with Gasteiger partial charge in [0.15, 0.2) is 0 Å². The molecule has 3 aromatic rings. The molecule has 0 aromatic heterocycles. The summed E-state index contributed by atoms with van der Waals surface area (Å²) in [7, 11) is 0. The average Bonchev–Trinajstić information content (AvgIpc) is 2.74.